The van der Waals surface area contributed by atoms with Gasteiger partial charge in [-0.25, -0.2) is 0 Å². The fraction of sp³-hybridized carbons (Fsp3) is 0. The fourth-order valence-electron chi connectivity index (χ4n) is 0. The van der Waals surface area contributed by atoms with E-state index in [0.717, 1.165) is 0 Å². The van der Waals surface area contributed by atoms with Gasteiger partial charge in [-0.05, 0) is 0 Å². The van der Waals surface area contributed by atoms with Crippen LogP contribution in [0, 0.1) is 40.8 Å². The van der Waals surface area contributed by atoms with E-state index in [0.29, 0.717) is 0 Å². The summed E-state index contributed by atoms with van der Waals surface area (Å²) in [5.41, 5.74) is 0. The van der Waals surface area contributed by atoms with E-state index in [9.17, 15) is 0 Å². The standard InChI is InChI=1S/BH3.Fe.Nd.Rb.H/h1H3;;;;. The molecule has 0 saturated heterocycles. The van der Waals surface area contributed by atoms with Gasteiger partial charge in [0, 0.05) is 57.9 Å². The maximum absolute atomic E-state index is 0. The van der Waals surface area contributed by atoms with E-state index in [-0.39, 0.29) is 125 Å². The molecule has 4 heavy (non-hydrogen) atoms. The molecule has 0 aromatic heterocycles. The van der Waals surface area contributed by atoms with Crippen LogP contribution in [0.25, 0.3) is 0 Å². The Morgan fingerprint density at radius 1 is 1.00 bits per heavy atom. The minimum absolute atomic E-state index is 0. The third-order valence-electron chi connectivity index (χ3n) is 0. The Labute approximate surface area is 121 Å². The average Bonchev–Trinajstić information content (AvgIpc) is 0. The van der Waals surface area contributed by atoms with E-state index in [2.05, 4.69) is 0 Å². The fourth-order valence-corrected chi connectivity index (χ4v) is 0. The summed E-state index contributed by atoms with van der Waals surface area (Å²) >= 11 is 0. The van der Waals surface area contributed by atoms with Gasteiger partial charge in [-0.15, -0.1) is 0 Å². The molecule has 0 unspecified atom stereocenters. The molecule has 0 saturated carbocycles. The molecule has 0 spiro atoms. The Balaban J connectivity index is 0. The van der Waals surface area contributed by atoms with Crippen LogP contribution < -0.4 is 0 Å². The molecule has 0 fully saturated rings. The Hall–Kier alpha value is 3.74. The molecule has 0 heterocycles. The van der Waals surface area contributed by atoms with Crippen LogP contribution in [0.1, 0.15) is 0 Å². The van der Waals surface area contributed by atoms with Crippen LogP contribution in [-0.4, -0.2) is 66.6 Å². The molecule has 0 radical (unpaired) electrons. The first-order valence-electron chi connectivity index (χ1n) is 0. The molecule has 0 nitrogen and oxygen atoms in total. The van der Waals surface area contributed by atoms with E-state index in [4.69, 9.17) is 0 Å². The van der Waals surface area contributed by atoms with E-state index in [1.165, 1.54) is 0 Å². The summed E-state index contributed by atoms with van der Waals surface area (Å²) in [6.45, 7) is 0. The third kappa shape index (κ3) is 9.22. The molecule has 0 atom stereocenters. The average molecular weight is 300 g/mol. The van der Waals surface area contributed by atoms with Gasteiger partial charge in [0.15, 0.2) is 0 Å². The van der Waals surface area contributed by atoms with Crippen molar-refractivity contribution in [3.05, 3.63) is 0 Å². The van der Waals surface area contributed by atoms with Crippen LogP contribution in [0.4, 0.5) is 0 Å². The second-order valence-electron chi connectivity index (χ2n) is 0. The van der Waals surface area contributed by atoms with Crippen LogP contribution in [-0.2, 0) is 17.1 Å². The van der Waals surface area contributed by atoms with Crippen LogP contribution in [0.5, 0.6) is 0 Å². The monoisotopic (exact) mass is 298 g/mol. The van der Waals surface area contributed by atoms with Gasteiger partial charge in [-0.3, -0.25) is 0 Å². The van der Waals surface area contributed by atoms with Crippen LogP contribution >= 0.6 is 0 Å². The zero-order valence-electron chi connectivity index (χ0n) is 0.854. The number of hydrogen-bond acceptors (Lipinski definition) is 0. The molecule has 0 rings (SSSR count). The Morgan fingerprint density at radius 2 is 1.00 bits per heavy atom. The Kier molecular flexibility index (Phi) is 99.8. The van der Waals surface area contributed by atoms with Gasteiger partial charge in [0.05, 0.1) is 8.41 Å². The van der Waals surface area contributed by atoms with E-state index >= 15 is 0 Å². The minimum atomic E-state index is 0. The van der Waals surface area contributed by atoms with E-state index < -0.39 is 0 Å². The predicted octanol–water partition coefficient (Wildman–Crippen LogP) is -1.83. The number of hydrogen-bond donors (Lipinski definition) is 0. The number of rotatable bonds is 0. The molecule has 0 amide bonds. The van der Waals surface area contributed by atoms with Gasteiger partial charge in [-0.1, -0.05) is 0 Å². The van der Waals surface area contributed by atoms with Crippen LogP contribution in [0.2, 0.25) is 0 Å². The summed E-state index contributed by atoms with van der Waals surface area (Å²) in [6.07, 6.45) is 0. The van der Waals surface area contributed by atoms with Crippen molar-refractivity contribution in [3.63, 3.8) is 0 Å². The zero-order chi connectivity index (χ0) is 0. The van der Waals surface area contributed by atoms with Crippen LogP contribution in [0.3, 0.4) is 0 Å². The summed E-state index contributed by atoms with van der Waals surface area (Å²) in [5.74, 6) is 0. The first kappa shape index (κ1) is 25.1. The first-order valence-corrected chi connectivity index (χ1v) is 0. The van der Waals surface area contributed by atoms with E-state index in [1.54, 1.807) is 0 Å². The van der Waals surface area contributed by atoms with Crippen molar-refractivity contribution in [3.8, 4) is 0 Å². The van der Waals surface area contributed by atoms with Crippen molar-refractivity contribution in [1.82, 2.24) is 0 Å². The summed E-state index contributed by atoms with van der Waals surface area (Å²) < 4.78 is 0. The maximum atomic E-state index is 0. The van der Waals surface area contributed by atoms with Crippen LogP contribution in [0.15, 0.2) is 0 Å². The molecular formula is H4BFeNdRb. The van der Waals surface area contributed by atoms with Gasteiger partial charge < -0.3 is 0 Å². The molecule has 0 aliphatic rings. The summed E-state index contributed by atoms with van der Waals surface area (Å²) in [6, 6.07) is 0. The molecule has 4 heteroatoms. The van der Waals surface area contributed by atoms with Crippen molar-refractivity contribution in [2.24, 2.45) is 0 Å². The zero-order valence-corrected chi connectivity index (χ0v) is 5.17. The second kappa shape index (κ2) is 15.9. The molecule has 0 bridgehead atoms. The molecule has 0 aliphatic heterocycles. The van der Waals surface area contributed by atoms with Crippen molar-refractivity contribution in [1.29, 1.82) is 0 Å². The molecule has 20 valence electrons. The quantitative estimate of drug-likeness (QED) is 0.462. The van der Waals surface area contributed by atoms with Gasteiger partial charge in [-0.2, -0.15) is 0 Å². The van der Waals surface area contributed by atoms with Gasteiger partial charge >= 0.3 is 58.2 Å². The molecule has 0 aromatic rings. The Morgan fingerprint density at radius 3 is 1.00 bits per heavy atom. The van der Waals surface area contributed by atoms with E-state index in [1.807, 2.05) is 0 Å². The normalized spacial score (nSPS) is 0. The van der Waals surface area contributed by atoms with Crippen molar-refractivity contribution >= 4 is 66.6 Å². The summed E-state index contributed by atoms with van der Waals surface area (Å²) in [7, 11) is 0. The third-order valence-corrected chi connectivity index (χ3v) is 0. The van der Waals surface area contributed by atoms with Gasteiger partial charge in [0.25, 0.3) is 0 Å². The topological polar surface area (TPSA) is 0 Å². The molecule has 0 aromatic carbocycles. The van der Waals surface area contributed by atoms with Gasteiger partial charge in [0.2, 0.25) is 0 Å². The summed E-state index contributed by atoms with van der Waals surface area (Å²) in [4.78, 5) is 0. The van der Waals surface area contributed by atoms with Crippen molar-refractivity contribution in [2.45, 2.75) is 0 Å². The molecule has 0 N–H and O–H groups in total. The van der Waals surface area contributed by atoms with Crippen molar-refractivity contribution in [2.75, 3.05) is 0 Å². The SMILES string of the molecule is B.[Fe].[Nd].[RbH]. The summed E-state index contributed by atoms with van der Waals surface area (Å²) in [5, 5.41) is 0. The first-order chi connectivity index (χ1) is 0. The second-order valence-corrected chi connectivity index (χ2v) is 0. The predicted molar refractivity (Wildman–Crippen MR) is 17.1 cm³/mol. The van der Waals surface area contributed by atoms with Gasteiger partial charge in [0.1, 0.15) is 0 Å². The van der Waals surface area contributed by atoms with Crippen molar-refractivity contribution < 1.29 is 57.9 Å². The molecular weight excluding hydrogens is 296 g/mol. The Bertz CT molecular complexity index is 8.00. The molecule has 0 aliphatic carbocycles.